The minimum absolute atomic E-state index is 0.695. The van der Waals surface area contributed by atoms with Crippen molar-refractivity contribution in [2.24, 2.45) is 5.92 Å². The first-order valence-corrected chi connectivity index (χ1v) is 11.3. The maximum atomic E-state index is 4.97. The zero-order valence-electron chi connectivity index (χ0n) is 16.6. The van der Waals surface area contributed by atoms with Gasteiger partial charge in [-0.3, -0.25) is 4.90 Å². The molecular weight excluding hydrogens is 376 g/mol. The number of rotatable bonds is 6. The molecule has 5 rings (SSSR count). The summed E-state index contributed by atoms with van der Waals surface area (Å²) in [5, 5.41) is 2.14. The Bertz CT molecular complexity index is 1050. The molecule has 0 amide bonds. The van der Waals surface area contributed by atoms with Crippen LogP contribution in [0.3, 0.4) is 0 Å². The van der Waals surface area contributed by atoms with Crippen LogP contribution in [0.4, 0.5) is 0 Å². The van der Waals surface area contributed by atoms with Gasteiger partial charge in [0.1, 0.15) is 11.3 Å². The largest absolute Gasteiger partial charge is 0.307 e. The molecule has 0 radical (unpaired) electrons. The normalized spacial score (nSPS) is 15.9. The van der Waals surface area contributed by atoms with Gasteiger partial charge >= 0.3 is 0 Å². The summed E-state index contributed by atoms with van der Waals surface area (Å²) in [6.07, 6.45) is 5.40. The summed E-state index contributed by atoms with van der Waals surface area (Å²) in [6, 6.07) is 19.2. The lowest BCUT2D eigenvalue weighted by molar-refractivity contribution is 0.175. The second-order valence-electron chi connectivity index (χ2n) is 7.95. The minimum Gasteiger partial charge on any atom is -0.307 e. The van der Waals surface area contributed by atoms with Gasteiger partial charge in [0.2, 0.25) is 0 Å². The molecular formula is C24H26N4S. The Morgan fingerprint density at radius 3 is 2.59 bits per heavy atom. The Labute approximate surface area is 175 Å². The van der Waals surface area contributed by atoms with Crippen LogP contribution in [0.25, 0.3) is 11.2 Å². The Kier molecular flexibility index (Phi) is 5.41. The number of thiophene rings is 1. The van der Waals surface area contributed by atoms with Crippen LogP contribution in [0.5, 0.6) is 0 Å². The maximum absolute atomic E-state index is 4.97. The Morgan fingerprint density at radius 2 is 1.79 bits per heavy atom. The van der Waals surface area contributed by atoms with Crippen molar-refractivity contribution in [3.8, 4) is 0 Å². The Balaban J connectivity index is 1.28. The van der Waals surface area contributed by atoms with Crippen LogP contribution in [-0.4, -0.2) is 32.5 Å². The molecule has 0 spiro atoms. The number of hydrogen-bond donors (Lipinski definition) is 0. The standard InChI is InChI=1S/C24H26N4S/c1-2-6-20(7-3-1)17-27-13-10-19(11-14-27)16-23-26-22-9-4-12-25-24(22)28(23)18-21-8-5-15-29-21/h1-9,12,15,19H,10-11,13-14,16-18H2. The number of hydrogen-bond acceptors (Lipinski definition) is 4. The van der Waals surface area contributed by atoms with Gasteiger partial charge in [-0.25, -0.2) is 9.97 Å². The summed E-state index contributed by atoms with van der Waals surface area (Å²) in [5.41, 5.74) is 3.44. The lowest BCUT2D eigenvalue weighted by atomic mass is 9.93. The van der Waals surface area contributed by atoms with E-state index in [1.807, 2.05) is 12.3 Å². The zero-order chi connectivity index (χ0) is 19.5. The quantitative estimate of drug-likeness (QED) is 0.455. The van der Waals surface area contributed by atoms with Gasteiger partial charge in [0.15, 0.2) is 5.65 Å². The highest BCUT2D eigenvalue weighted by atomic mass is 32.1. The van der Waals surface area contributed by atoms with Crippen LogP contribution in [0.1, 0.15) is 29.1 Å². The smallest absolute Gasteiger partial charge is 0.160 e. The van der Waals surface area contributed by atoms with Crippen LogP contribution in [0.15, 0.2) is 66.2 Å². The molecule has 1 aliphatic rings. The highest BCUT2D eigenvalue weighted by molar-refractivity contribution is 7.09. The number of aromatic nitrogens is 3. The molecule has 5 heteroatoms. The van der Waals surface area contributed by atoms with E-state index >= 15 is 0 Å². The Hall–Kier alpha value is -2.50. The SMILES string of the molecule is c1ccc(CN2CCC(Cc3nc4cccnc4n3Cc3cccs3)CC2)cc1. The topological polar surface area (TPSA) is 34.0 Å². The molecule has 4 nitrogen and oxygen atoms in total. The van der Waals surface area contributed by atoms with Gasteiger partial charge in [0.05, 0.1) is 6.54 Å². The van der Waals surface area contributed by atoms with E-state index in [1.165, 1.54) is 42.2 Å². The minimum atomic E-state index is 0.695. The predicted molar refractivity (Wildman–Crippen MR) is 119 cm³/mol. The molecule has 0 N–H and O–H groups in total. The van der Waals surface area contributed by atoms with E-state index in [4.69, 9.17) is 4.98 Å². The average molecular weight is 403 g/mol. The summed E-state index contributed by atoms with van der Waals surface area (Å²) in [7, 11) is 0. The molecule has 148 valence electrons. The van der Waals surface area contributed by atoms with E-state index in [1.54, 1.807) is 11.3 Å². The predicted octanol–water partition coefficient (Wildman–Crippen LogP) is 5.00. The maximum Gasteiger partial charge on any atom is 0.160 e. The number of benzene rings is 1. The van der Waals surface area contributed by atoms with Crippen molar-refractivity contribution in [3.05, 3.63) is 82.4 Å². The molecule has 1 aromatic carbocycles. The molecule has 0 aliphatic carbocycles. The van der Waals surface area contributed by atoms with E-state index < -0.39 is 0 Å². The highest BCUT2D eigenvalue weighted by Gasteiger charge is 2.22. The zero-order valence-corrected chi connectivity index (χ0v) is 17.4. The van der Waals surface area contributed by atoms with Gasteiger partial charge in [-0.1, -0.05) is 36.4 Å². The number of pyridine rings is 1. The van der Waals surface area contributed by atoms with Crippen molar-refractivity contribution in [2.45, 2.75) is 32.4 Å². The molecule has 1 aliphatic heterocycles. The molecule has 0 saturated carbocycles. The van der Waals surface area contributed by atoms with E-state index in [0.717, 1.165) is 30.7 Å². The molecule has 0 bridgehead atoms. The molecule has 1 saturated heterocycles. The third-order valence-corrected chi connectivity index (χ3v) is 6.77. The van der Waals surface area contributed by atoms with E-state index in [9.17, 15) is 0 Å². The number of piperidine rings is 1. The second-order valence-corrected chi connectivity index (χ2v) is 8.98. The van der Waals surface area contributed by atoms with Gasteiger partial charge in [-0.15, -0.1) is 11.3 Å². The van der Waals surface area contributed by atoms with Crippen LogP contribution in [-0.2, 0) is 19.5 Å². The number of imidazole rings is 1. The third-order valence-electron chi connectivity index (χ3n) is 5.90. The Morgan fingerprint density at radius 1 is 0.931 bits per heavy atom. The van der Waals surface area contributed by atoms with Crippen molar-refractivity contribution < 1.29 is 0 Å². The second kappa shape index (κ2) is 8.47. The first-order chi connectivity index (χ1) is 14.3. The van der Waals surface area contributed by atoms with Crippen molar-refractivity contribution in [1.82, 2.24) is 19.4 Å². The lowest BCUT2D eigenvalue weighted by Gasteiger charge is -2.32. The van der Waals surface area contributed by atoms with Gasteiger partial charge in [0, 0.05) is 24.0 Å². The van der Waals surface area contributed by atoms with Gasteiger partial charge < -0.3 is 4.57 Å². The first-order valence-electron chi connectivity index (χ1n) is 10.4. The fourth-order valence-corrected chi connectivity index (χ4v) is 5.03. The molecule has 29 heavy (non-hydrogen) atoms. The number of nitrogens with zero attached hydrogens (tertiary/aromatic N) is 4. The van der Waals surface area contributed by atoms with Crippen LogP contribution in [0.2, 0.25) is 0 Å². The number of likely N-dealkylation sites (tertiary alicyclic amines) is 1. The molecule has 3 aromatic heterocycles. The molecule has 4 heterocycles. The van der Waals surface area contributed by atoms with Crippen LogP contribution < -0.4 is 0 Å². The average Bonchev–Trinajstić information content (AvgIpc) is 3.39. The van der Waals surface area contributed by atoms with Crippen molar-refractivity contribution in [1.29, 1.82) is 0 Å². The van der Waals surface area contributed by atoms with Crippen LogP contribution in [0, 0.1) is 5.92 Å². The van der Waals surface area contributed by atoms with Crippen molar-refractivity contribution in [3.63, 3.8) is 0 Å². The number of fused-ring (bicyclic) bond motifs is 1. The van der Waals surface area contributed by atoms with Gasteiger partial charge in [-0.2, -0.15) is 0 Å². The van der Waals surface area contributed by atoms with Gasteiger partial charge in [-0.05, 0) is 61.0 Å². The molecule has 0 atom stereocenters. The van der Waals surface area contributed by atoms with Crippen LogP contribution >= 0.6 is 11.3 Å². The van der Waals surface area contributed by atoms with E-state index in [-0.39, 0.29) is 0 Å². The summed E-state index contributed by atoms with van der Waals surface area (Å²) >= 11 is 1.80. The van der Waals surface area contributed by atoms with Crippen molar-refractivity contribution in [2.75, 3.05) is 13.1 Å². The molecule has 1 fully saturated rings. The van der Waals surface area contributed by atoms with Gasteiger partial charge in [0.25, 0.3) is 0 Å². The molecule has 0 unspecified atom stereocenters. The fourth-order valence-electron chi connectivity index (χ4n) is 4.33. The first kappa shape index (κ1) is 18.5. The van der Waals surface area contributed by atoms with E-state index in [2.05, 4.69) is 68.4 Å². The van der Waals surface area contributed by atoms with E-state index in [0.29, 0.717) is 5.92 Å². The summed E-state index contributed by atoms with van der Waals surface area (Å²) in [6.45, 7) is 4.27. The summed E-state index contributed by atoms with van der Waals surface area (Å²) in [5.74, 6) is 1.88. The van der Waals surface area contributed by atoms with Crippen molar-refractivity contribution >= 4 is 22.5 Å². The highest BCUT2D eigenvalue weighted by Crippen LogP contribution is 2.25. The summed E-state index contributed by atoms with van der Waals surface area (Å²) in [4.78, 5) is 13.5. The monoisotopic (exact) mass is 402 g/mol. The fraction of sp³-hybridized carbons (Fsp3) is 0.333. The third kappa shape index (κ3) is 4.26. The lowest BCUT2D eigenvalue weighted by Crippen LogP contribution is -2.34. The molecule has 4 aromatic rings. The summed E-state index contributed by atoms with van der Waals surface area (Å²) < 4.78 is 2.33.